The molecule has 0 aliphatic heterocycles. The van der Waals surface area contributed by atoms with Crippen LogP contribution in [0.25, 0.3) is 0 Å². The topological polar surface area (TPSA) is 262 Å². The number of esters is 3. The molecule has 25 heteroatoms. The maximum absolute atomic E-state index is 12.9. The van der Waals surface area contributed by atoms with Gasteiger partial charge in [-0.15, -0.1) is 0 Å². The van der Waals surface area contributed by atoms with Crippen molar-refractivity contribution in [3.8, 4) is 6.07 Å². The molecule has 0 aromatic heterocycles. The summed E-state index contributed by atoms with van der Waals surface area (Å²) in [5, 5.41) is 5.05. The quantitative estimate of drug-likeness (QED) is 0.0401. The molecule has 0 heterocycles. The number of nitriles is 1. The van der Waals surface area contributed by atoms with Gasteiger partial charge in [-0.3, -0.25) is 9.59 Å². The summed E-state index contributed by atoms with van der Waals surface area (Å²) >= 11 is 5.76. The number of alkyl halides is 4. The number of ether oxygens (including phenoxy) is 3. The van der Waals surface area contributed by atoms with Gasteiger partial charge in [-0.25, -0.2) is 26.4 Å². The largest absolute Gasteiger partial charge is 1.00 e. The van der Waals surface area contributed by atoms with Crippen molar-refractivity contribution in [2.24, 2.45) is 46.3 Å². The Balaban J connectivity index is 0.000000897. The van der Waals surface area contributed by atoms with Gasteiger partial charge in [-0.1, -0.05) is 20.8 Å². The van der Waals surface area contributed by atoms with Crippen LogP contribution in [-0.2, 0) is 53.6 Å². The molecule has 2 N–H and O–H groups in total. The smallest absolute Gasteiger partial charge is 0.743 e. The van der Waals surface area contributed by atoms with Gasteiger partial charge in [0.15, 0.2) is 20.2 Å². The van der Waals surface area contributed by atoms with Gasteiger partial charge in [-0.2, -0.15) is 22.8 Å². The molecular weight excluding hydrogens is 993 g/mol. The van der Waals surface area contributed by atoms with Crippen LogP contribution in [0, 0.1) is 57.7 Å². The maximum atomic E-state index is 12.9. The van der Waals surface area contributed by atoms with Crippen LogP contribution in [0.15, 0.2) is 0 Å². The molecule has 0 aromatic carbocycles. The van der Waals surface area contributed by atoms with Crippen LogP contribution < -0.4 is 34.5 Å². The van der Waals surface area contributed by atoms with Gasteiger partial charge in [0, 0.05) is 12.3 Å². The molecule has 8 aliphatic rings. The Hall–Kier alpha value is -1.72. The predicted octanol–water partition coefficient (Wildman–Crippen LogP) is 1.87. The van der Waals surface area contributed by atoms with E-state index in [1.807, 2.05) is 0 Å². The van der Waals surface area contributed by atoms with Gasteiger partial charge in [0.05, 0.1) is 37.7 Å². The molecule has 0 atom stereocenters. The fourth-order valence-electron chi connectivity index (χ4n) is 11.1. The van der Waals surface area contributed by atoms with Gasteiger partial charge in [-0.05, 0) is 165 Å². The molecule has 8 bridgehead atoms. The Bertz CT molecular complexity index is 1790. The molecule has 8 saturated carbocycles. The van der Waals surface area contributed by atoms with Crippen LogP contribution in [-0.4, -0.2) is 135 Å². The van der Waals surface area contributed by atoms with E-state index in [9.17, 15) is 62.7 Å². The van der Waals surface area contributed by atoms with Crippen molar-refractivity contribution >= 4 is 55.0 Å². The summed E-state index contributed by atoms with van der Waals surface area (Å²) in [4.78, 5) is 49.2. The molecule has 0 aromatic rings. The van der Waals surface area contributed by atoms with E-state index < -0.39 is 80.5 Å². The fourth-order valence-corrected chi connectivity index (χ4v) is 11.8. The Labute approximate surface area is 433 Å². The number of nitrogens with one attached hydrogen (secondary N) is 1. The van der Waals surface area contributed by atoms with Gasteiger partial charge in [0.2, 0.25) is 5.24 Å². The zero-order valence-corrected chi connectivity index (χ0v) is 45.8. The van der Waals surface area contributed by atoms with Crippen LogP contribution in [0.1, 0.15) is 126 Å². The number of carbonyl (C=O) groups excluding carboxylic acids is 4. The monoisotopic (exact) mass is 1070 g/mol. The Morgan fingerprint density at radius 2 is 0.928 bits per heavy atom. The third-order valence-corrected chi connectivity index (χ3v) is 15.7. The number of rotatable bonds is 17. The molecule has 0 unspecified atom stereocenters. The van der Waals surface area contributed by atoms with Gasteiger partial charge in [0.1, 0.15) is 19.8 Å². The van der Waals surface area contributed by atoms with Crippen molar-refractivity contribution in [2.75, 3.05) is 65.7 Å². The van der Waals surface area contributed by atoms with Crippen molar-refractivity contribution in [1.82, 2.24) is 4.90 Å². The minimum absolute atomic E-state index is 0. The van der Waals surface area contributed by atoms with Crippen molar-refractivity contribution in [2.45, 2.75) is 136 Å². The fraction of sp³-hybridized carbons (Fsp3) is 0.886. The summed E-state index contributed by atoms with van der Waals surface area (Å²) in [5.41, 5.74) is -0.600. The number of aliphatic hydroxyl groups excluding tert-OH is 1. The molecule has 0 spiro atoms. The number of nitrogens with zero attached hydrogens (tertiary/aromatic N) is 2. The first-order valence-electron chi connectivity index (χ1n) is 23.4. The third kappa shape index (κ3) is 19.9. The van der Waals surface area contributed by atoms with Crippen LogP contribution in [0.2, 0.25) is 0 Å². The number of aliphatic hydroxyl groups is 1. The maximum Gasteiger partial charge on any atom is 1.00 e. The number of carbonyl (C=O) groups is 4. The molecule has 0 radical (unpaired) electrons. The number of hydrogen-bond donors (Lipinski definition) is 2. The molecule has 8 aliphatic carbocycles. The van der Waals surface area contributed by atoms with E-state index in [-0.39, 0.29) is 40.2 Å². The summed E-state index contributed by atoms with van der Waals surface area (Å²) in [7, 11) is -12.2. The normalized spacial score (nSPS) is 26.8. The summed E-state index contributed by atoms with van der Waals surface area (Å²) in [6.45, 7) is 19.3. The van der Waals surface area contributed by atoms with E-state index in [0.29, 0.717) is 17.8 Å². The van der Waals surface area contributed by atoms with Gasteiger partial charge < -0.3 is 38.2 Å². The van der Waals surface area contributed by atoms with Crippen LogP contribution in [0.3, 0.4) is 0 Å². The van der Waals surface area contributed by atoms with Crippen molar-refractivity contribution in [1.29, 1.82) is 5.26 Å². The summed E-state index contributed by atoms with van der Waals surface area (Å²) in [6.07, 6.45) is 13.2. The molecule has 396 valence electrons. The average Bonchev–Trinajstić information content (AvgIpc) is 3.25. The first-order chi connectivity index (χ1) is 31.5. The Morgan fingerprint density at radius 1 is 0.652 bits per heavy atom. The predicted molar refractivity (Wildman–Crippen MR) is 239 cm³/mol. The average molecular weight is 1070 g/mol. The van der Waals surface area contributed by atoms with E-state index in [4.69, 9.17) is 26.7 Å². The standard InChI is InChI=1S/C15H20F2O7S.C11H15ClO.2C6H15N.C4H6F2O6S.C2H3N.Na/c16-15(17,25(20,21)22)13(19)24-2-1-23-12(18)14-6-9-3-10(7-14)5-11(4-9)8-14;12-10(13)11-4-7-1-8(5-11)3-9(2-7)6-11;2*1-4-7(5-2)6-3;5-4(6,13(9,10)11)3(8)12-2-1-7;1-2-3;/h9-11H,1-8H2,(H,20,21,22);7-9H,1-6H2;2*4-6H2,1-3H3;7H,1-2H2,(H,9,10,11);1H3;/q;;;;;;+1/p-1. The third-order valence-electron chi connectivity index (χ3n) is 13.7. The SMILES string of the molecule is CC#N.CCN(CC)CC.CC[NH+](CC)CC.O=C(Cl)C12CC3CC(CC(C3)C1)C2.O=C(OCCO)C(F)(F)S(=O)(=O)[O-].O=C(OCCOC(=O)C(F)(F)S(=O)(=O)[O-])C12CC3CC(CC(C3)C1)C2.[Na+]. The van der Waals surface area contributed by atoms with E-state index in [1.165, 1.54) is 65.5 Å². The molecule has 69 heavy (non-hydrogen) atoms. The van der Waals surface area contributed by atoms with Gasteiger partial charge >= 0.3 is 58.0 Å². The second-order valence-electron chi connectivity index (χ2n) is 18.4. The number of quaternary nitrogens is 1. The molecule has 17 nitrogen and oxygen atoms in total. The Morgan fingerprint density at radius 3 is 1.14 bits per heavy atom. The summed E-state index contributed by atoms with van der Waals surface area (Å²) < 4.78 is 123. The second-order valence-corrected chi connectivity index (χ2v) is 21.6. The molecule has 8 fully saturated rings. The van der Waals surface area contributed by atoms with Crippen molar-refractivity contribution in [3.63, 3.8) is 0 Å². The second kappa shape index (κ2) is 30.5. The molecule has 8 rings (SSSR count). The van der Waals surface area contributed by atoms with Crippen LogP contribution >= 0.6 is 11.6 Å². The first-order valence-corrected chi connectivity index (χ1v) is 26.6. The zero-order chi connectivity index (χ0) is 52.3. The Kier molecular flexibility index (Phi) is 29.7. The minimum Gasteiger partial charge on any atom is -0.743 e. The van der Waals surface area contributed by atoms with Crippen molar-refractivity contribution in [3.05, 3.63) is 0 Å². The summed E-state index contributed by atoms with van der Waals surface area (Å²) in [5.74, 6) is -1.31. The molecular formula is C44H73ClF4N3NaO14S2. The summed E-state index contributed by atoms with van der Waals surface area (Å²) in [6, 6.07) is 1.75. The molecule has 0 saturated heterocycles. The number of halogens is 5. The van der Waals surface area contributed by atoms with E-state index in [2.05, 4.69) is 55.9 Å². The molecule has 0 amide bonds. The first kappa shape index (κ1) is 67.3. The number of hydrogen-bond acceptors (Lipinski definition) is 16. The van der Waals surface area contributed by atoms with Crippen molar-refractivity contribution < 1.29 is 116 Å². The van der Waals surface area contributed by atoms with Gasteiger partial charge in [0.25, 0.3) is 0 Å². The van der Waals surface area contributed by atoms with E-state index in [0.717, 1.165) is 75.5 Å². The van der Waals surface area contributed by atoms with Crippen LogP contribution in [0.5, 0.6) is 0 Å². The van der Waals surface area contributed by atoms with Crippen LogP contribution in [0.4, 0.5) is 17.6 Å². The van der Waals surface area contributed by atoms with E-state index in [1.54, 1.807) is 11.0 Å². The zero-order valence-electron chi connectivity index (χ0n) is 41.4. The van der Waals surface area contributed by atoms with E-state index >= 15 is 0 Å². The minimum atomic E-state index is -6.15.